The third-order valence-electron chi connectivity index (χ3n) is 3.26. The van der Waals surface area contributed by atoms with E-state index < -0.39 is 0 Å². The van der Waals surface area contributed by atoms with Crippen LogP contribution in [0.3, 0.4) is 0 Å². The number of hydrogen-bond donors (Lipinski definition) is 1. The summed E-state index contributed by atoms with van der Waals surface area (Å²) in [6, 6.07) is 5.23. The van der Waals surface area contributed by atoms with Gasteiger partial charge in [-0.25, -0.2) is 4.39 Å². The molecule has 0 unspecified atom stereocenters. The Hall–Kier alpha value is -0.740. The van der Waals surface area contributed by atoms with E-state index >= 15 is 0 Å². The largest absolute Gasteiger partial charge is 0.367 e. The lowest BCUT2D eigenvalue weighted by atomic mass is 10.1. The highest BCUT2D eigenvalue weighted by Crippen LogP contribution is 2.33. The number of benzene rings is 1. The molecular formula is C14H21FN2S. The molecule has 0 saturated carbocycles. The first-order chi connectivity index (χ1) is 8.39. The molecule has 4 heteroatoms. The number of hydrogen-bond acceptors (Lipinski definition) is 3. The molecule has 1 aromatic rings. The third-order valence-corrected chi connectivity index (χ3v) is 4.56. The minimum absolute atomic E-state index is 0.123. The summed E-state index contributed by atoms with van der Waals surface area (Å²) in [5, 5.41) is 0. The van der Waals surface area contributed by atoms with Gasteiger partial charge in [0.05, 0.1) is 5.69 Å². The summed E-state index contributed by atoms with van der Waals surface area (Å²) in [5.41, 5.74) is 7.32. The summed E-state index contributed by atoms with van der Waals surface area (Å²) < 4.78 is 14.3. The Kier molecular flexibility index (Phi) is 3.87. The van der Waals surface area contributed by atoms with E-state index in [1.54, 1.807) is 6.07 Å². The van der Waals surface area contributed by atoms with Crippen LogP contribution in [-0.4, -0.2) is 23.6 Å². The summed E-state index contributed by atoms with van der Waals surface area (Å²) in [6.45, 7) is 8.07. The molecule has 1 atom stereocenters. The molecule has 0 aliphatic carbocycles. The Morgan fingerprint density at radius 2 is 2.17 bits per heavy atom. The van der Waals surface area contributed by atoms with Crippen molar-refractivity contribution in [2.45, 2.75) is 31.6 Å². The molecule has 2 nitrogen and oxygen atoms in total. The van der Waals surface area contributed by atoms with Crippen LogP contribution < -0.4 is 10.6 Å². The second-order valence-corrected chi connectivity index (χ2v) is 7.33. The van der Waals surface area contributed by atoms with Gasteiger partial charge in [-0.1, -0.05) is 6.07 Å². The van der Waals surface area contributed by atoms with Crippen molar-refractivity contribution in [1.82, 2.24) is 0 Å². The van der Waals surface area contributed by atoms with Crippen LogP contribution in [0.25, 0.3) is 0 Å². The summed E-state index contributed by atoms with van der Waals surface area (Å²) in [7, 11) is 0. The Balaban J connectivity index is 2.23. The summed E-state index contributed by atoms with van der Waals surface area (Å²) in [5.74, 6) is 0.883. The van der Waals surface area contributed by atoms with Crippen molar-refractivity contribution in [2.24, 2.45) is 5.73 Å². The smallest absolute Gasteiger partial charge is 0.146 e. The third kappa shape index (κ3) is 2.98. The molecule has 1 aliphatic heterocycles. The van der Waals surface area contributed by atoms with Gasteiger partial charge < -0.3 is 10.6 Å². The Morgan fingerprint density at radius 3 is 2.72 bits per heavy atom. The molecule has 18 heavy (non-hydrogen) atoms. The standard InChI is InChI=1S/C14H21FN2S/c1-10(16)11-4-5-13(12(15)8-11)17-6-7-18-14(2,3)9-17/h4-5,8,10H,6-7,9,16H2,1-3H3/t10-/m1/s1. The average molecular weight is 268 g/mol. The fourth-order valence-corrected chi connectivity index (χ4v) is 3.40. The van der Waals surface area contributed by atoms with Gasteiger partial charge in [0.1, 0.15) is 5.82 Å². The van der Waals surface area contributed by atoms with Gasteiger partial charge in [0.2, 0.25) is 0 Å². The maximum absolute atomic E-state index is 14.1. The molecule has 2 rings (SSSR count). The van der Waals surface area contributed by atoms with Crippen molar-refractivity contribution in [1.29, 1.82) is 0 Å². The number of nitrogens with two attached hydrogens (primary N) is 1. The van der Waals surface area contributed by atoms with Crippen molar-refractivity contribution in [3.05, 3.63) is 29.6 Å². The maximum Gasteiger partial charge on any atom is 0.146 e. The normalized spacial score (nSPS) is 20.8. The van der Waals surface area contributed by atoms with Gasteiger partial charge in [-0.3, -0.25) is 0 Å². The van der Waals surface area contributed by atoms with Crippen LogP contribution in [0.2, 0.25) is 0 Å². The molecule has 1 aliphatic rings. The quantitative estimate of drug-likeness (QED) is 0.893. The summed E-state index contributed by atoms with van der Waals surface area (Å²) >= 11 is 1.95. The van der Waals surface area contributed by atoms with Crippen molar-refractivity contribution in [3.8, 4) is 0 Å². The molecule has 1 aromatic carbocycles. The van der Waals surface area contributed by atoms with E-state index in [0.717, 1.165) is 24.4 Å². The van der Waals surface area contributed by atoms with Gasteiger partial charge in [-0.05, 0) is 38.5 Å². The molecule has 0 aromatic heterocycles. The SMILES string of the molecule is C[C@@H](N)c1ccc(N2CCSC(C)(C)C2)c(F)c1. The topological polar surface area (TPSA) is 29.3 Å². The highest BCUT2D eigenvalue weighted by atomic mass is 32.2. The Bertz CT molecular complexity index is 432. The van der Waals surface area contributed by atoms with E-state index in [0.29, 0.717) is 5.69 Å². The monoisotopic (exact) mass is 268 g/mol. The number of anilines is 1. The van der Waals surface area contributed by atoms with Crippen molar-refractivity contribution < 1.29 is 4.39 Å². The molecule has 1 fully saturated rings. The first-order valence-corrected chi connectivity index (χ1v) is 7.31. The van der Waals surface area contributed by atoms with E-state index in [1.807, 2.05) is 30.8 Å². The first-order valence-electron chi connectivity index (χ1n) is 6.33. The zero-order chi connectivity index (χ0) is 13.3. The molecule has 0 radical (unpaired) electrons. The van der Waals surface area contributed by atoms with Crippen LogP contribution in [0.4, 0.5) is 10.1 Å². The van der Waals surface area contributed by atoms with Crippen LogP contribution in [0.1, 0.15) is 32.4 Å². The average Bonchev–Trinajstić information content (AvgIpc) is 2.27. The van der Waals surface area contributed by atoms with Gasteiger partial charge in [0.25, 0.3) is 0 Å². The van der Waals surface area contributed by atoms with E-state index in [2.05, 4.69) is 18.7 Å². The lowest BCUT2D eigenvalue weighted by molar-refractivity contribution is 0.594. The van der Waals surface area contributed by atoms with Crippen molar-refractivity contribution in [3.63, 3.8) is 0 Å². The van der Waals surface area contributed by atoms with Gasteiger partial charge in [-0.15, -0.1) is 0 Å². The highest BCUT2D eigenvalue weighted by Gasteiger charge is 2.28. The second kappa shape index (κ2) is 5.10. The van der Waals surface area contributed by atoms with Crippen LogP contribution in [-0.2, 0) is 0 Å². The fraction of sp³-hybridized carbons (Fsp3) is 0.571. The molecule has 0 spiro atoms. The van der Waals surface area contributed by atoms with Crippen LogP contribution in [0, 0.1) is 5.82 Å². The van der Waals surface area contributed by atoms with E-state index in [9.17, 15) is 4.39 Å². The van der Waals surface area contributed by atoms with Crippen LogP contribution in [0.15, 0.2) is 18.2 Å². The predicted octanol–water partition coefficient (Wildman–Crippen LogP) is 3.18. The molecule has 1 saturated heterocycles. The highest BCUT2D eigenvalue weighted by molar-refractivity contribution is 8.00. The first kappa shape index (κ1) is 13.7. The lowest BCUT2D eigenvalue weighted by Crippen LogP contribution is -2.43. The molecule has 0 amide bonds. The Morgan fingerprint density at radius 1 is 1.44 bits per heavy atom. The van der Waals surface area contributed by atoms with Gasteiger partial charge in [0.15, 0.2) is 0 Å². The molecular weight excluding hydrogens is 247 g/mol. The number of nitrogens with zero attached hydrogens (tertiary/aromatic N) is 1. The predicted molar refractivity (Wildman–Crippen MR) is 77.8 cm³/mol. The second-order valence-electron chi connectivity index (χ2n) is 5.53. The summed E-state index contributed by atoms with van der Waals surface area (Å²) in [6.07, 6.45) is 0. The lowest BCUT2D eigenvalue weighted by Gasteiger charge is -2.39. The molecule has 1 heterocycles. The zero-order valence-electron chi connectivity index (χ0n) is 11.2. The van der Waals surface area contributed by atoms with E-state index in [-0.39, 0.29) is 16.6 Å². The Labute approximate surface area is 113 Å². The molecule has 100 valence electrons. The van der Waals surface area contributed by atoms with Gasteiger partial charge in [0, 0.05) is 29.6 Å². The number of thioether (sulfide) groups is 1. The van der Waals surface area contributed by atoms with Crippen molar-refractivity contribution in [2.75, 3.05) is 23.7 Å². The molecule has 2 N–H and O–H groups in total. The van der Waals surface area contributed by atoms with E-state index in [4.69, 9.17) is 5.73 Å². The van der Waals surface area contributed by atoms with Crippen LogP contribution >= 0.6 is 11.8 Å². The number of rotatable bonds is 2. The zero-order valence-corrected chi connectivity index (χ0v) is 12.1. The van der Waals surface area contributed by atoms with Crippen LogP contribution in [0.5, 0.6) is 0 Å². The van der Waals surface area contributed by atoms with Gasteiger partial charge in [-0.2, -0.15) is 11.8 Å². The summed E-state index contributed by atoms with van der Waals surface area (Å²) in [4.78, 5) is 2.14. The minimum Gasteiger partial charge on any atom is -0.367 e. The van der Waals surface area contributed by atoms with Gasteiger partial charge >= 0.3 is 0 Å². The minimum atomic E-state index is -0.160. The van der Waals surface area contributed by atoms with Crippen molar-refractivity contribution >= 4 is 17.4 Å². The number of halogens is 1. The molecule has 0 bridgehead atoms. The fourth-order valence-electron chi connectivity index (χ4n) is 2.28. The van der Waals surface area contributed by atoms with E-state index in [1.165, 1.54) is 0 Å². The maximum atomic E-state index is 14.1.